The van der Waals surface area contributed by atoms with Crippen LogP contribution in [0, 0.1) is 5.92 Å². The molecule has 0 atom stereocenters. The molecule has 0 bridgehead atoms. The Morgan fingerprint density at radius 1 is 1.25 bits per heavy atom. The van der Waals surface area contributed by atoms with Gasteiger partial charge in [0.05, 0.1) is 15.9 Å². The van der Waals surface area contributed by atoms with E-state index >= 15 is 0 Å². The molecule has 1 fully saturated rings. The van der Waals surface area contributed by atoms with Gasteiger partial charge in [-0.05, 0) is 41.1 Å². The first-order chi connectivity index (χ1) is 9.56. The van der Waals surface area contributed by atoms with Gasteiger partial charge in [-0.15, -0.1) is 0 Å². The Morgan fingerprint density at radius 3 is 2.60 bits per heavy atom. The minimum atomic E-state index is 0.551. The predicted molar refractivity (Wildman–Crippen MR) is 91.5 cm³/mol. The van der Waals surface area contributed by atoms with Crippen LogP contribution in [-0.4, -0.2) is 15.2 Å². The molecule has 5 heteroatoms. The van der Waals surface area contributed by atoms with Crippen molar-refractivity contribution in [2.24, 2.45) is 5.92 Å². The van der Waals surface area contributed by atoms with E-state index in [0.29, 0.717) is 11.1 Å². The zero-order chi connectivity index (χ0) is 14.5. The molecule has 0 radical (unpaired) electrons. The first-order valence-electron chi connectivity index (χ1n) is 7.38. The number of thioether (sulfide) groups is 1. The van der Waals surface area contributed by atoms with Crippen molar-refractivity contribution in [2.75, 3.05) is 0 Å². The molecule has 1 aromatic rings. The van der Waals surface area contributed by atoms with E-state index in [2.05, 4.69) is 34.8 Å². The van der Waals surface area contributed by atoms with Gasteiger partial charge >= 0.3 is 0 Å². The maximum Gasteiger partial charge on any atom is 0.147 e. The molecular formula is C15H22BrClN2S. The van der Waals surface area contributed by atoms with Crippen LogP contribution in [0.1, 0.15) is 57.5 Å². The molecule has 1 aromatic heterocycles. The van der Waals surface area contributed by atoms with Crippen LogP contribution in [0.25, 0.3) is 0 Å². The SMILES string of the molecule is CC(C)Cc1nc(CSC2CCCCC2)nc(Cl)c1Br. The number of nitrogens with zero attached hydrogens (tertiary/aromatic N) is 2. The summed E-state index contributed by atoms with van der Waals surface area (Å²) in [4.78, 5) is 9.11. The van der Waals surface area contributed by atoms with Gasteiger partial charge in [0.1, 0.15) is 11.0 Å². The molecule has 0 N–H and O–H groups in total. The zero-order valence-corrected chi connectivity index (χ0v) is 15.3. The predicted octanol–water partition coefficient (Wildman–Crippen LogP) is 5.66. The highest BCUT2D eigenvalue weighted by Gasteiger charge is 2.16. The van der Waals surface area contributed by atoms with Gasteiger partial charge in [-0.1, -0.05) is 44.7 Å². The standard InChI is InChI=1S/C15H22BrClN2S/c1-10(2)8-12-14(16)15(17)19-13(18-12)9-20-11-6-4-3-5-7-11/h10-11H,3-9H2,1-2H3. The van der Waals surface area contributed by atoms with E-state index in [1.54, 1.807) is 0 Å². The van der Waals surface area contributed by atoms with Crippen molar-refractivity contribution in [1.29, 1.82) is 0 Å². The van der Waals surface area contributed by atoms with Crippen molar-refractivity contribution in [3.63, 3.8) is 0 Å². The van der Waals surface area contributed by atoms with Crippen LogP contribution in [0.2, 0.25) is 5.15 Å². The molecule has 112 valence electrons. The second-order valence-electron chi connectivity index (χ2n) is 5.86. The first-order valence-corrected chi connectivity index (χ1v) is 9.60. The smallest absolute Gasteiger partial charge is 0.147 e. The Morgan fingerprint density at radius 2 is 1.95 bits per heavy atom. The largest absolute Gasteiger partial charge is 0.236 e. The Hall–Kier alpha value is 0.200. The number of aromatic nitrogens is 2. The van der Waals surface area contributed by atoms with E-state index in [1.807, 2.05) is 11.8 Å². The van der Waals surface area contributed by atoms with Crippen molar-refractivity contribution in [1.82, 2.24) is 9.97 Å². The Kier molecular flexibility index (Phi) is 6.63. The number of halogens is 2. The molecule has 0 saturated heterocycles. The maximum absolute atomic E-state index is 6.22. The number of hydrogen-bond donors (Lipinski definition) is 0. The molecule has 2 nitrogen and oxygen atoms in total. The van der Waals surface area contributed by atoms with Crippen molar-refractivity contribution < 1.29 is 0 Å². The summed E-state index contributed by atoms with van der Waals surface area (Å²) in [6.45, 7) is 4.39. The van der Waals surface area contributed by atoms with Crippen LogP contribution in [0.3, 0.4) is 0 Å². The lowest BCUT2D eigenvalue weighted by molar-refractivity contribution is 0.516. The Labute approximate surface area is 139 Å². The molecule has 20 heavy (non-hydrogen) atoms. The minimum Gasteiger partial charge on any atom is -0.236 e. The van der Waals surface area contributed by atoms with Gasteiger partial charge in [-0.3, -0.25) is 0 Å². The van der Waals surface area contributed by atoms with E-state index in [1.165, 1.54) is 32.1 Å². The maximum atomic E-state index is 6.22. The lowest BCUT2D eigenvalue weighted by atomic mass is 10.0. The molecule has 1 heterocycles. The van der Waals surface area contributed by atoms with E-state index in [9.17, 15) is 0 Å². The summed E-state index contributed by atoms with van der Waals surface area (Å²) in [6.07, 6.45) is 7.76. The van der Waals surface area contributed by atoms with Gasteiger partial charge < -0.3 is 0 Å². The molecule has 0 spiro atoms. The summed E-state index contributed by atoms with van der Waals surface area (Å²) in [5.41, 5.74) is 1.04. The molecule has 2 rings (SSSR count). The Bertz CT molecular complexity index is 448. The van der Waals surface area contributed by atoms with Gasteiger partial charge in [-0.2, -0.15) is 11.8 Å². The van der Waals surface area contributed by atoms with Crippen LogP contribution in [-0.2, 0) is 12.2 Å². The average molecular weight is 378 g/mol. The van der Waals surface area contributed by atoms with Crippen molar-refractivity contribution in [3.8, 4) is 0 Å². The molecule has 1 saturated carbocycles. The Balaban J connectivity index is 2.01. The molecule has 0 amide bonds. The minimum absolute atomic E-state index is 0.551. The molecule has 0 aliphatic heterocycles. The molecular weight excluding hydrogens is 356 g/mol. The fourth-order valence-electron chi connectivity index (χ4n) is 2.52. The lowest BCUT2D eigenvalue weighted by Crippen LogP contribution is -2.10. The van der Waals surface area contributed by atoms with Crippen LogP contribution in [0.4, 0.5) is 0 Å². The zero-order valence-electron chi connectivity index (χ0n) is 12.2. The van der Waals surface area contributed by atoms with E-state index in [0.717, 1.165) is 33.4 Å². The van der Waals surface area contributed by atoms with E-state index in [4.69, 9.17) is 16.6 Å². The fraction of sp³-hybridized carbons (Fsp3) is 0.733. The third-order valence-electron chi connectivity index (χ3n) is 3.53. The van der Waals surface area contributed by atoms with Gasteiger partial charge in [-0.25, -0.2) is 9.97 Å². The third-order valence-corrected chi connectivity index (χ3v) is 6.23. The monoisotopic (exact) mass is 376 g/mol. The number of hydrogen-bond acceptors (Lipinski definition) is 3. The lowest BCUT2D eigenvalue weighted by Gasteiger charge is -2.20. The van der Waals surface area contributed by atoms with Crippen molar-refractivity contribution >= 4 is 39.3 Å². The highest BCUT2D eigenvalue weighted by molar-refractivity contribution is 9.10. The summed E-state index contributed by atoms with van der Waals surface area (Å²) in [6, 6.07) is 0. The van der Waals surface area contributed by atoms with Crippen molar-refractivity contribution in [2.45, 2.75) is 63.4 Å². The average Bonchev–Trinajstić information content (AvgIpc) is 2.42. The second kappa shape index (κ2) is 8.00. The van der Waals surface area contributed by atoms with Gasteiger partial charge in [0.15, 0.2) is 0 Å². The van der Waals surface area contributed by atoms with E-state index < -0.39 is 0 Å². The third kappa shape index (κ3) is 4.88. The summed E-state index contributed by atoms with van der Waals surface area (Å²) >= 11 is 11.7. The normalized spacial score (nSPS) is 16.9. The first kappa shape index (κ1) is 16.6. The molecule has 1 aliphatic rings. The molecule has 0 unspecified atom stereocenters. The second-order valence-corrected chi connectivity index (χ2v) is 8.30. The van der Waals surface area contributed by atoms with Crippen LogP contribution in [0.5, 0.6) is 0 Å². The van der Waals surface area contributed by atoms with Gasteiger partial charge in [0, 0.05) is 5.25 Å². The van der Waals surface area contributed by atoms with Crippen LogP contribution in [0.15, 0.2) is 4.47 Å². The highest BCUT2D eigenvalue weighted by atomic mass is 79.9. The summed E-state index contributed by atoms with van der Waals surface area (Å²) in [5, 5.41) is 1.33. The summed E-state index contributed by atoms with van der Waals surface area (Å²) < 4.78 is 0.860. The van der Waals surface area contributed by atoms with E-state index in [-0.39, 0.29) is 0 Å². The molecule has 0 aromatic carbocycles. The fourth-order valence-corrected chi connectivity index (χ4v) is 4.25. The van der Waals surface area contributed by atoms with Crippen LogP contribution >= 0.6 is 39.3 Å². The van der Waals surface area contributed by atoms with Gasteiger partial charge in [0.2, 0.25) is 0 Å². The van der Waals surface area contributed by atoms with Crippen molar-refractivity contribution in [3.05, 3.63) is 21.1 Å². The van der Waals surface area contributed by atoms with Crippen LogP contribution < -0.4 is 0 Å². The molecule has 1 aliphatic carbocycles. The highest BCUT2D eigenvalue weighted by Crippen LogP contribution is 2.31. The summed E-state index contributed by atoms with van der Waals surface area (Å²) in [5.74, 6) is 2.32. The summed E-state index contributed by atoms with van der Waals surface area (Å²) in [7, 11) is 0. The topological polar surface area (TPSA) is 25.8 Å². The van der Waals surface area contributed by atoms with Gasteiger partial charge in [0.25, 0.3) is 0 Å². The quantitative estimate of drug-likeness (QED) is 0.619. The number of rotatable bonds is 5.